The Balaban J connectivity index is 0.00000260. The lowest BCUT2D eigenvalue weighted by Gasteiger charge is -2.27. The van der Waals surface area contributed by atoms with Gasteiger partial charge in [-0.25, -0.2) is 0 Å². The number of hydrogen-bond donors (Lipinski definition) is 2. The van der Waals surface area contributed by atoms with Crippen LogP contribution in [0, 0.1) is 12.8 Å². The van der Waals surface area contributed by atoms with Crippen LogP contribution in [0.5, 0.6) is 5.75 Å². The molecule has 0 spiro atoms. The van der Waals surface area contributed by atoms with Gasteiger partial charge in [0.25, 0.3) is 0 Å². The molecule has 1 saturated heterocycles. The fraction of sp³-hybridized carbons (Fsp3) is 0.500. The number of phenolic OH excluding ortho intramolecular Hbond substituents is 1. The number of morpholine rings is 1. The Bertz CT molecular complexity index is 1130. The molecule has 2 aromatic carbocycles. The monoisotopic (exact) mass is 533 g/mol. The predicted octanol–water partition coefficient (Wildman–Crippen LogP) is 7.89. The molecule has 39 heavy (non-hydrogen) atoms. The maximum Gasteiger partial charge on any atom is 0.115 e. The molecular weight excluding hydrogens is 482 g/mol. The van der Waals surface area contributed by atoms with E-state index in [-0.39, 0.29) is 5.92 Å². The molecule has 5 heteroatoms. The first-order valence-corrected chi connectivity index (χ1v) is 14.5. The maximum absolute atomic E-state index is 10.0. The number of aryl methyl sites for hydroxylation is 2. The van der Waals surface area contributed by atoms with Crippen molar-refractivity contribution in [1.29, 1.82) is 0 Å². The highest BCUT2D eigenvalue weighted by Gasteiger charge is 2.20. The number of anilines is 1. The van der Waals surface area contributed by atoms with Crippen molar-refractivity contribution in [1.82, 2.24) is 4.90 Å². The van der Waals surface area contributed by atoms with Gasteiger partial charge in [-0.1, -0.05) is 58.9 Å². The molecule has 1 fully saturated rings. The molecule has 5 nitrogen and oxygen atoms in total. The first kappa shape index (κ1) is 32.3. The summed E-state index contributed by atoms with van der Waals surface area (Å²) in [6, 6.07) is 12.3. The van der Waals surface area contributed by atoms with Crippen molar-refractivity contribution in [2.75, 3.05) is 38.7 Å². The zero-order valence-electron chi connectivity index (χ0n) is 25.6. The van der Waals surface area contributed by atoms with E-state index in [0.29, 0.717) is 11.7 Å². The van der Waals surface area contributed by atoms with Gasteiger partial charge in [-0.15, -0.1) is 0 Å². The first-order valence-electron chi connectivity index (χ1n) is 14.5. The van der Waals surface area contributed by atoms with Crippen LogP contribution in [-0.2, 0) is 17.7 Å². The zero-order chi connectivity index (χ0) is 28.9. The molecule has 0 aromatic heterocycles. The van der Waals surface area contributed by atoms with Crippen molar-refractivity contribution < 1.29 is 9.84 Å². The predicted molar refractivity (Wildman–Crippen MR) is 168 cm³/mol. The van der Waals surface area contributed by atoms with Gasteiger partial charge in [0.05, 0.1) is 24.6 Å². The molecule has 2 N–H and O–H groups in total. The van der Waals surface area contributed by atoms with Gasteiger partial charge < -0.3 is 15.2 Å². The molecule has 1 aliphatic rings. The average molecular weight is 534 g/mol. The standard InChI is InChI=1S/C32H45N3O2.C2H6/c1-8-26-20-29(36)11-12-30(26)31(17-22(2)3)24(5)19-32(33-7)25(6)34-28-10-9-27(23(4)18-28)21-35-13-15-37-16-14-35;1-2/h9-12,18-20,22,31,34,36H,6,8,13-17,21H2,1-5,7H3;1-2H3/b24-19+,33-32?;. The molecule has 1 unspecified atom stereocenters. The minimum atomic E-state index is 0.252. The van der Waals surface area contributed by atoms with Crippen LogP contribution in [0.15, 0.2) is 65.3 Å². The summed E-state index contributed by atoms with van der Waals surface area (Å²) in [6.07, 6.45) is 4.07. The van der Waals surface area contributed by atoms with E-state index in [4.69, 9.17) is 4.74 Å². The van der Waals surface area contributed by atoms with Gasteiger partial charge in [-0.05, 0) is 85.2 Å². The van der Waals surface area contributed by atoms with Gasteiger partial charge in [-0.3, -0.25) is 9.89 Å². The molecule has 0 radical (unpaired) electrons. The number of aromatic hydroxyl groups is 1. The SMILES string of the molecule is C=C(Nc1ccc(CN2CCOCC2)c(C)c1)C(/C=C(\C)C(CC(C)C)c1ccc(O)cc1CC)=NC.CC. The first-order chi connectivity index (χ1) is 18.7. The summed E-state index contributed by atoms with van der Waals surface area (Å²) < 4.78 is 5.48. The van der Waals surface area contributed by atoms with Gasteiger partial charge in [0.1, 0.15) is 5.75 Å². The second-order valence-corrected chi connectivity index (χ2v) is 10.5. The number of rotatable bonds is 11. The minimum Gasteiger partial charge on any atom is -0.508 e. The van der Waals surface area contributed by atoms with Gasteiger partial charge in [0.2, 0.25) is 0 Å². The van der Waals surface area contributed by atoms with Crippen LogP contribution < -0.4 is 5.32 Å². The molecular formula is C34H51N3O2. The molecule has 0 amide bonds. The number of nitrogens with one attached hydrogen (secondary N) is 1. The second kappa shape index (κ2) is 16.3. The van der Waals surface area contributed by atoms with Crippen LogP contribution in [0.3, 0.4) is 0 Å². The molecule has 1 heterocycles. The second-order valence-electron chi connectivity index (χ2n) is 10.5. The Hall–Kier alpha value is -2.89. The lowest BCUT2D eigenvalue weighted by Crippen LogP contribution is -2.35. The average Bonchev–Trinajstić information content (AvgIpc) is 2.93. The van der Waals surface area contributed by atoms with Crippen LogP contribution in [-0.4, -0.2) is 49.1 Å². The van der Waals surface area contributed by atoms with E-state index in [0.717, 1.165) is 62.8 Å². The lowest BCUT2D eigenvalue weighted by atomic mass is 9.81. The lowest BCUT2D eigenvalue weighted by molar-refractivity contribution is 0.0341. The molecule has 0 aliphatic carbocycles. The Morgan fingerprint density at radius 1 is 1.13 bits per heavy atom. The van der Waals surface area contributed by atoms with Crippen molar-refractivity contribution in [3.8, 4) is 5.75 Å². The smallest absolute Gasteiger partial charge is 0.115 e. The maximum atomic E-state index is 10.0. The highest BCUT2D eigenvalue weighted by molar-refractivity contribution is 6.10. The summed E-state index contributed by atoms with van der Waals surface area (Å²) in [7, 11) is 1.82. The molecule has 0 bridgehead atoms. The normalized spacial score (nSPS) is 15.5. The van der Waals surface area contributed by atoms with Crippen LogP contribution in [0.2, 0.25) is 0 Å². The Morgan fingerprint density at radius 2 is 1.82 bits per heavy atom. The number of nitrogens with zero attached hydrogens (tertiary/aromatic N) is 2. The van der Waals surface area contributed by atoms with Crippen molar-refractivity contribution in [2.24, 2.45) is 10.9 Å². The van der Waals surface area contributed by atoms with E-state index in [9.17, 15) is 5.11 Å². The Morgan fingerprint density at radius 3 is 2.41 bits per heavy atom. The molecule has 0 saturated carbocycles. The van der Waals surface area contributed by atoms with Crippen molar-refractivity contribution in [3.05, 3.63) is 82.6 Å². The van der Waals surface area contributed by atoms with Gasteiger partial charge in [0.15, 0.2) is 0 Å². The van der Waals surface area contributed by atoms with E-state index in [1.165, 1.54) is 27.8 Å². The van der Waals surface area contributed by atoms with Crippen molar-refractivity contribution >= 4 is 11.4 Å². The van der Waals surface area contributed by atoms with Crippen LogP contribution in [0.25, 0.3) is 0 Å². The number of ether oxygens (including phenoxy) is 1. The van der Waals surface area contributed by atoms with E-state index in [1.54, 1.807) is 6.07 Å². The number of phenols is 1. The van der Waals surface area contributed by atoms with Gasteiger partial charge >= 0.3 is 0 Å². The fourth-order valence-electron chi connectivity index (χ4n) is 5.06. The highest BCUT2D eigenvalue weighted by Crippen LogP contribution is 2.35. The van der Waals surface area contributed by atoms with Crippen LogP contribution in [0.4, 0.5) is 5.69 Å². The Labute approximate surface area is 237 Å². The molecule has 1 atom stereocenters. The summed E-state index contributed by atoms with van der Waals surface area (Å²) in [5, 5.41) is 13.5. The number of allylic oxidation sites excluding steroid dienone is 2. The number of hydrogen-bond acceptors (Lipinski definition) is 5. The third-order valence-electron chi connectivity index (χ3n) is 7.19. The summed E-state index contributed by atoms with van der Waals surface area (Å²) >= 11 is 0. The largest absolute Gasteiger partial charge is 0.508 e. The number of benzene rings is 2. The molecule has 3 rings (SSSR count). The minimum absolute atomic E-state index is 0.252. The summed E-state index contributed by atoms with van der Waals surface area (Å²) in [4.78, 5) is 7.02. The highest BCUT2D eigenvalue weighted by atomic mass is 16.5. The van der Waals surface area contributed by atoms with E-state index < -0.39 is 0 Å². The van der Waals surface area contributed by atoms with Crippen molar-refractivity contribution in [2.45, 2.75) is 73.8 Å². The number of aliphatic imine (C=N–C) groups is 1. The van der Waals surface area contributed by atoms with E-state index >= 15 is 0 Å². The quantitative estimate of drug-likeness (QED) is 0.288. The summed E-state index contributed by atoms with van der Waals surface area (Å²) in [5.41, 5.74) is 8.98. The third-order valence-corrected chi connectivity index (χ3v) is 7.19. The van der Waals surface area contributed by atoms with Crippen LogP contribution >= 0.6 is 0 Å². The summed E-state index contributed by atoms with van der Waals surface area (Å²) in [5.74, 6) is 1.11. The third kappa shape index (κ3) is 9.66. The Kier molecular flexibility index (Phi) is 13.5. The van der Waals surface area contributed by atoms with E-state index in [1.807, 2.05) is 27.0 Å². The topological polar surface area (TPSA) is 57.1 Å². The van der Waals surface area contributed by atoms with Gasteiger partial charge in [-0.2, -0.15) is 0 Å². The fourth-order valence-corrected chi connectivity index (χ4v) is 5.06. The van der Waals surface area contributed by atoms with E-state index in [2.05, 4.69) is 86.7 Å². The molecule has 2 aromatic rings. The summed E-state index contributed by atoms with van der Waals surface area (Å²) in [6.45, 7) is 23.9. The van der Waals surface area contributed by atoms with Crippen molar-refractivity contribution in [3.63, 3.8) is 0 Å². The zero-order valence-corrected chi connectivity index (χ0v) is 25.6. The molecule has 1 aliphatic heterocycles. The van der Waals surface area contributed by atoms with Crippen LogP contribution in [0.1, 0.15) is 76.1 Å². The molecule has 214 valence electrons. The van der Waals surface area contributed by atoms with Gasteiger partial charge in [0, 0.05) is 38.3 Å².